The molecule has 3 N–H and O–H groups in total. The summed E-state index contributed by atoms with van der Waals surface area (Å²) in [5.41, 5.74) is 3.86. The van der Waals surface area contributed by atoms with Gasteiger partial charge in [-0.15, -0.1) is 4.28 Å². The number of likely N-dealkylation sites (N-methyl/N-ethyl adjacent to an activating group) is 1. The van der Waals surface area contributed by atoms with Gasteiger partial charge < -0.3 is 9.64 Å². The summed E-state index contributed by atoms with van der Waals surface area (Å²) >= 11 is 0. The molecule has 0 aromatic heterocycles. The highest BCUT2D eigenvalue weighted by molar-refractivity contribution is 7.80. The van der Waals surface area contributed by atoms with E-state index in [1.807, 2.05) is 6.92 Å². The van der Waals surface area contributed by atoms with Crippen molar-refractivity contribution in [1.82, 2.24) is 15.9 Å². The lowest BCUT2D eigenvalue weighted by atomic mass is 10.1. The van der Waals surface area contributed by atoms with Gasteiger partial charge in [-0.2, -0.15) is 13.9 Å². The number of carbonyl (C=O) groups is 2. The molecule has 1 aliphatic rings. The Morgan fingerprint density at radius 3 is 2.60 bits per heavy atom. The maximum atomic E-state index is 12.3. The molecule has 1 heterocycles. The van der Waals surface area contributed by atoms with Crippen LogP contribution in [-0.4, -0.2) is 61.7 Å². The molecule has 0 aromatic rings. The Morgan fingerprint density at radius 1 is 1.36 bits per heavy atom. The summed E-state index contributed by atoms with van der Waals surface area (Å²) in [5, 5.41) is 0. The zero-order valence-corrected chi connectivity index (χ0v) is 15.1. The molecule has 0 aliphatic carbocycles. The summed E-state index contributed by atoms with van der Waals surface area (Å²) in [7, 11) is -4.84. The van der Waals surface area contributed by atoms with Crippen LogP contribution in [-0.2, 0) is 29.1 Å². The van der Waals surface area contributed by atoms with E-state index in [1.165, 1.54) is 0 Å². The van der Waals surface area contributed by atoms with Crippen molar-refractivity contribution >= 4 is 22.3 Å². The van der Waals surface area contributed by atoms with Gasteiger partial charge in [-0.25, -0.2) is 10.3 Å². The summed E-state index contributed by atoms with van der Waals surface area (Å²) < 4.78 is 38.8. The standard InChI is InChI=1S/C13H25N3O8S/c1-3-6-11(12(17)14-23-9-10-7-5-8-22-10)16(4-2)13(18)15-24-25(19,20)21/h10-11H,3-9H2,1-2H3,(H,14,17)(H,15,18)(H,19,20,21)/t10?,11-/m0/s1. The van der Waals surface area contributed by atoms with E-state index in [0.717, 1.165) is 17.7 Å². The van der Waals surface area contributed by atoms with Crippen LogP contribution in [0, 0.1) is 0 Å². The molecule has 0 radical (unpaired) electrons. The fourth-order valence-electron chi connectivity index (χ4n) is 2.40. The number of hydrogen-bond donors (Lipinski definition) is 3. The lowest BCUT2D eigenvalue weighted by Gasteiger charge is -2.29. The van der Waals surface area contributed by atoms with Crippen LogP contribution in [0.4, 0.5) is 4.79 Å². The van der Waals surface area contributed by atoms with Crippen molar-refractivity contribution in [2.24, 2.45) is 0 Å². The molecule has 1 unspecified atom stereocenters. The molecule has 1 saturated heterocycles. The first kappa shape index (κ1) is 21.6. The molecular formula is C13H25N3O8S. The molecule has 0 aromatic carbocycles. The lowest BCUT2D eigenvalue weighted by molar-refractivity contribution is -0.141. The van der Waals surface area contributed by atoms with Gasteiger partial charge in [0.2, 0.25) is 0 Å². The first-order valence-corrected chi connectivity index (χ1v) is 9.40. The minimum absolute atomic E-state index is 0.0707. The minimum Gasteiger partial charge on any atom is -0.376 e. The predicted octanol–water partition coefficient (Wildman–Crippen LogP) is 0.148. The van der Waals surface area contributed by atoms with Crippen LogP contribution in [0.5, 0.6) is 0 Å². The number of ether oxygens (including phenoxy) is 1. The third-order valence-corrected chi connectivity index (χ3v) is 3.84. The van der Waals surface area contributed by atoms with Gasteiger partial charge in [-0.05, 0) is 26.2 Å². The number of urea groups is 1. The van der Waals surface area contributed by atoms with E-state index in [0.29, 0.717) is 19.4 Å². The van der Waals surface area contributed by atoms with E-state index >= 15 is 0 Å². The van der Waals surface area contributed by atoms with Crippen molar-refractivity contribution < 1.29 is 36.4 Å². The van der Waals surface area contributed by atoms with Gasteiger partial charge in [0.1, 0.15) is 12.6 Å². The van der Waals surface area contributed by atoms with E-state index in [9.17, 15) is 18.0 Å². The highest BCUT2D eigenvalue weighted by Crippen LogP contribution is 2.12. The maximum Gasteiger partial charge on any atom is 0.418 e. The maximum absolute atomic E-state index is 12.3. The van der Waals surface area contributed by atoms with E-state index in [4.69, 9.17) is 14.1 Å². The van der Waals surface area contributed by atoms with Crippen LogP contribution in [0.15, 0.2) is 0 Å². The van der Waals surface area contributed by atoms with Gasteiger partial charge in [-0.1, -0.05) is 13.3 Å². The molecule has 146 valence electrons. The topological polar surface area (TPSA) is 144 Å². The number of rotatable bonds is 10. The Morgan fingerprint density at radius 2 is 2.08 bits per heavy atom. The van der Waals surface area contributed by atoms with Gasteiger partial charge in [0, 0.05) is 13.2 Å². The van der Waals surface area contributed by atoms with Crippen LogP contribution in [0.2, 0.25) is 0 Å². The molecule has 0 saturated carbocycles. The highest BCUT2D eigenvalue weighted by Gasteiger charge is 2.29. The molecular weight excluding hydrogens is 358 g/mol. The van der Waals surface area contributed by atoms with Gasteiger partial charge in [0.05, 0.1) is 6.10 Å². The predicted molar refractivity (Wildman–Crippen MR) is 85.3 cm³/mol. The van der Waals surface area contributed by atoms with Crippen LogP contribution in [0.3, 0.4) is 0 Å². The minimum atomic E-state index is -4.84. The van der Waals surface area contributed by atoms with Crippen molar-refractivity contribution in [1.29, 1.82) is 0 Å². The molecule has 12 heteroatoms. The second-order valence-electron chi connectivity index (χ2n) is 5.42. The zero-order chi connectivity index (χ0) is 18.9. The second-order valence-corrected chi connectivity index (χ2v) is 6.44. The van der Waals surface area contributed by atoms with Gasteiger partial charge >= 0.3 is 16.4 Å². The Balaban J connectivity index is 2.59. The van der Waals surface area contributed by atoms with E-state index in [-0.39, 0.29) is 19.3 Å². The fraction of sp³-hybridized carbons (Fsp3) is 0.846. The molecule has 1 aliphatic heterocycles. The van der Waals surface area contributed by atoms with Crippen molar-refractivity contribution in [3.05, 3.63) is 0 Å². The second kappa shape index (κ2) is 10.5. The number of nitrogens with zero attached hydrogens (tertiary/aromatic N) is 1. The first-order valence-electron chi connectivity index (χ1n) is 8.04. The Hall–Kier alpha value is -1.47. The Kier molecular flexibility index (Phi) is 9.06. The van der Waals surface area contributed by atoms with Crippen LogP contribution < -0.4 is 11.0 Å². The molecule has 0 bridgehead atoms. The fourth-order valence-corrected chi connectivity index (χ4v) is 2.58. The molecule has 0 spiro atoms. The highest BCUT2D eigenvalue weighted by atomic mass is 32.3. The number of nitrogens with one attached hydrogen (secondary N) is 2. The van der Waals surface area contributed by atoms with Crippen molar-refractivity contribution in [2.45, 2.75) is 51.7 Å². The Bertz CT molecular complexity index is 535. The number of amides is 3. The third kappa shape index (κ3) is 7.96. The molecule has 2 atom stereocenters. The Labute approximate surface area is 146 Å². The quantitative estimate of drug-likeness (QED) is 0.357. The normalized spacial score (nSPS) is 18.6. The number of hydrogen-bond acceptors (Lipinski definition) is 7. The van der Waals surface area contributed by atoms with Crippen molar-refractivity contribution in [2.75, 3.05) is 19.8 Å². The monoisotopic (exact) mass is 383 g/mol. The van der Waals surface area contributed by atoms with Crippen molar-refractivity contribution in [3.63, 3.8) is 0 Å². The van der Waals surface area contributed by atoms with E-state index in [2.05, 4.69) is 9.76 Å². The molecule has 25 heavy (non-hydrogen) atoms. The molecule has 1 fully saturated rings. The smallest absolute Gasteiger partial charge is 0.376 e. The third-order valence-electron chi connectivity index (χ3n) is 3.54. The van der Waals surface area contributed by atoms with Crippen LogP contribution in [0.25, 0.3) is 0 Å². The molecule has 11 nitrogen and oxygen atoms in total. The summed E-state index contributed by atoms with van der Waals surface area (Å²) in [6, 6.07) is -1.88. The summed E-state index contributed by atoms with van der Waals surface area (Å²) in [6.45, 7) is 4.40. The summed E-state index contributed by atoms with van der Waals surface area (Å²) in [6.07, 6.45) is 2.64. The van der Waals surface area contributed by atoms with Crippen LogP contribution in [0.1, 0.15) is 39.5 Å². The number of hydroxylamine groups is 2. The van der Waals surface area contributed by atoms with Crippen molar-refractivity contribution in [3.8, 4) is 0 Å². The largest absolute Gasteiger partial charge is 0.418 e. The SMILES string of the molecule is CCC[C@@H](C(=O)NOCC1CCCO1)N(CC)C(=O)NOS(=O)(=O)O. The summed E-state index contributed by atoms with van der Waals surface area (Å²) in [4.78, 5) is 30.5. The van der Waals surface area contributed by atoms with E-state index < -0.39 is 28.4 Å². The van der Waals surface area contributed by atoms with Gasteiger partial charge in [0.25, 0.3) is 5.91 Å². The molecule has 3 amide bonds. The van der Waals surface area contributed by atoms with Gasteiger partial charge in [0.15, 0.2) is 0 Å². The summed E-state index contributed by atoms with van der Waals surface area (Å²) in [5.74, 6) is -0.552. The zero-order valence-electron chi connectivity index (χ0n) is 14.3. The van der Waals surface area contributed by atoms with E-state index in [1.54, 1.807) is 12.4 Å². The number of carbonyl (C=O) groups excluding carboxylic acids is 2. The lowest BCUT2D eigenvalue weighted by Crippen LogP contribution is -2.53. The average molecular weight is 383 g/mol. The van der Waals surface area contributed by atoms with Crippen LogP contribution >= 0.6 is 0 Å². The average Bonchev–Trinajstić information content (AvgIpc) is 3.05. The van der Waals surface area contributed by atoms with Gasteiger partial charge in [-0.3, -0.25) is 14.2 Å². The molecule has 1 rings (SSSR count). The first-order chi connectivity index (χ1) is 11.8.